The predicted molar refractivity (Wildman–Crippen MR) is 67.8 cm³/mol. The molecule has 0 fully saturated rings. The molecule has 0 unspecified atom stereocenters. The Morgan fingerprint density at radius 1 is 1.33 bits per heavy atom. The molecule has 2 rings (SSSR count). The molecule has 0 saturated heterocycles. The van der Waals surface area contributed by atoms with Gasteiger partial charge in [0.1, 0.15) is 6.42 Å². The molecule has 1 heterocycles. The number of hydrogen-bond acceptors (Lipinski definition) is 5. The van der Waals surface area contributed by atoms with Crippen LogP contribution < -0.4 is 0 Å². The van der Waals surface area contributed by atoms with Gasteiger partial charge in [-0.3, -0.25) is 4.79 Å². The van der Waals surface area contributed by atoms with Crippen LogP contribution in [0.15, 0.2) is 33.2 Å². The van der Waals surface area contributed by atoms with Crippen molar-refractivity contribution in [2.75, 3.05) is 6.61 Å². The van der Waals surface area contributed by atoms with Gasteiger partial charge in [-0.2, -0.15) is 0 Å². The molecule has 0 aliphatic rings. The summed E-state index contributed by atoms with van der Waals surface area (Å²) in [6.07, 6.45) is -0.00261. The fraction of sp³-hybridized carbons (Fsp3) is 0.250. The lowest BCUT2D eigenvalue weighted by Gasteiger charge is -1.97. The standard InChI is InChI=1S/C12H11BrN2O3/c1-2-17-11(16)7-10-14-15-12(18-10)8-3-5-9(13)6-4-8/h3-6H,2,7H2,1H3. The topological polar surface area (TPSA) is 65.2 Å². The average Bonchev–Trinajstić information content (AvgIpc) is 2.78. The summed E-state index contributed by atoms with van der Waals surface area (Å²) in [6.45, 7) is 2.09. The van der Waals surface area contributed by atoms with Crippen LogP contribution in [0.5, 0.6) is 0 Å². The third kappa shape index (κ3) is 3.16. The molecule has 0 aliphatic heterocycles. The molecule has 0 bridgehead atoms. The highest BCUT2D eigenvalue weighted by molar-refractivity contribution is 9.10. The molecule has 0 spiro atoms. The van der Waals surface area contributed by atoms with Crippen molar-refractivity contribution in [3.8, 4) is 11.5 Å². The molecular weight excluding hydrogens is 300 g/mol. The number of hydrogen-bond donors (Lipinski definition) is 0. The Kier molecular flexibility index (Phi) is 4.09. The maximum atomic E-state index is 11.2. The first-order valence-electron chi connectivity index (χ1n) is 5.43. The van der Waals surface area contributed by atoms with Crippen molar-refractivity contribution in [1.82, 2.24) is 10.2 Å². The molecule has 0 radical (unpaired) electrons. The minimum absolute atomic E-state index is 0.00261. The van der Waals surface area contributed by atoms with Crippen molar-refractivity contribution in [2.45, 2.75) is 13.3 Å². The van der Waals surface area contributed by atoms with E-state index in [0.29, 0.717) is 12.5 Å². The van der Waals surface area contributed by atoms with E-state index >= 15 is 0 Å². The van der Waals surface area contributed by atoms with Crippen LogP contribution in [0.3, 0.4) is 0 Å². The average molecular weight is 311 g/mol. The Morgan fingerprint density at radius 2 is 2.06 bits per heavy atom. The molecule has 0 saturated carbocycles. The Bertz CT molecular complexity index is 537. The minimum Gasteiger partial charge on any atom is -0.466 e. The highest BCUT2D eigenvalue weighted by Crippen LogP contribution is 2.20. The van der Waals surface area contributed by atoms with Gasteiger partial charge in [0.2, 0.25) is 11.8 Å². The number of benzene rings is 1. The molecule has 6 heteroatoms. The van der Waals surface area contributed by atoms with Crippen LogP contribution in [0.25, 0.3) is 11.5 Å². The summed E-state index contributed by atoms with van der Waals surface area (Å²) < 4.78 is 11.2. The van der Waals surface area contributed by atoms with Crippen LogP contribution in [0.4, 0.5) is 0 Å². The zero-order valence-corrected chi connectivity index (χ0v) is 11.3. The first-order valence-corrected chi connectivity index (χ1v) is 6.22. The molecule has 18 heavy (non-hydrogen) atoms. The van der Waals surface area contributed by atoms with Gasteiger partial charge in [-0.15, -0.1) is 10.2 Å². The molecular formula is C12H11BrN2O3. The van der Waals surface area contributed by atoms with E-state index in [1.54, 1.807) is 6.92 Å². The van der Waals surface area contributed by atoms with E-state index in [1.165, 1.54) is 0 Å². The zero-order valence-electron chi connectivity index (χ0n) is 9.72. The van der Waals surface area contributed by atoms with Gasteiger partial charge in [-0.1, -0.05) is 15.9 Å². The summed E-state index contributed by atoms with van der Waals surface area (Å²) in [6, 6.07) is 7.46. The third-order valence-electron chi connectivity index (χ3n) is 2.16. The van der Waals surface area contributed by atoms with Crippen molar-refractivity contribution < 1.29 is 13.9 Å². The van der Waals surface area contributed by atoms with Crippen LogP contribution in [0.2, 0.25) is 0 Å². The second kappa shape index (κ2) is 5.77. The predicted octanol–water partition coefficient (Wildman–Crippen LogP) is 2.60. The maximum Gasteiger partial charge on any atom is 0.315 e. The zero-order chi connectivity index (χ0) is 13.0. The first kappa shape index (κ1) is 12.8. The normalized spacial score (nSPS) is 10.3. The van der Waals surface area contributed by atoms with Crippen LogP contribution in [0, 0.1) is 0 Å². The highest BCUT2D eigenvalue weighted by atomic mass is 79.9. The van der Waals surface area contributed by atoms with Crippen molar-refractivity contribution >= 4 is 21.9 Å². The van der Waals surface area contributed by atoms with Crippen molar-refractivity contribution in [3.05, 3.63) is 34.6 Å². The second-order valence-electron chi connectivity index (χ2n) is 3.49. The van der Waals surface area contributed by atoms with Crippen molar-refractivity contribution in [1.29, 1.82) is 0 Å². The summed E-state index contributed by atoms with van der Waals surface area (Å²) in [5.74, 6) is 0.275. The van der Waals surface area contributed by atoms with Crippen LogP contribution in [-0.2, 0) is 16.0 Å². The molecule has 0 atom stereocenters. The summed E-state index contributed by atoms with van der Waals surface area (Å²) >= 11 is 3.35. The number of halogens is 1. The second-order valence-corrected chi connectivity index (χ2v) is 4.41. The summed E-state index contributed by atoms with van der Waals surface area (Å²) in [4.78, 5) is 11.2. The van der Waals surface area contributed by atoms with E-state index in [2.05, 4.69) is 26.1 Å². The number of nitrogens with zero attached hydrogens (tertiary/aromatic N) is 2. The van der Waals surface area contributed by atoms with E-state index in [0.717, 1.165) is 10.0 Å². The summed E-state index contributed by atoms with van der Waals surface area (Å²) in [7, 11) is 0. The largest absolute Gasteiger partial charge is 0.466 e. The van der Waals surface area contributed by atoms with Gasteiger partial charge in [0.25, 0.3) is 0 Å². The number of carbonyl (C=O) groups excluding carboxylic acids is 1. The Balaban J connectivity index is 2.10. The van der Waals surface area contributed by atoms with Gasteiger partial charge >= 0.3 is 5.97 Å². The van der Waals surface area contributed by atoms with Gasteiger partial charge in [0, 0.05) is 10.0 Å². The van der Waals surface area contributed by atoms with Gasteiger partial charge < -0.3 is 9.15 Å². The first-order chi connectivity index (χ1) is 8.69. The third-order valence-corrected chi connectivity index (χ3v) is 2.69. The fourth-order valence-electron chi connectivity index (χ4n) is 1.37. The lowest BCUT2D eigenvalue weighted by Crippen LogP contribution is -2.07. The number of aromatic nitrogens is 2. The Labute approximate surface area is 112 Å². The number of rotatable bonds is 4. The van der Waals surface area contributed by atoms with Gasteiger partial charge in [0.05, 0.1) is 6.61 Å². The van der Waals surface area contributed by atoms with Crippen LogP contribution >= 0.6 is 15.9 Å². The van der Waals surface area contributed by atoms with E-state index < -0.39 is 0 Å². The van der Waals surface area contributed by atoms with E-state index in [-0.39, 0.29) is 18.3 Å². The lowest BCUT2D eigenvalue weighted by atomic mass is 10.2. The van der Waals surface area contributed by atoms with Gasteiger partial charge in [0.15, 0.2) is 0 Å². The Hall–Kier alpha value is -1.69. The Morgan fingerprint density at radius 3 is 2.72 bits per heavy atom. The molecule has 94 valence electrons. The fourth-order valence-corrected chi connectivity index (χ4v) is 1.63. The minimum atomic E-state index is -0.372. The lowest BCUT2D eigenvalue weighted by molar-refractivity contribution is -0.142. The van der Waals surface area contributed by atoms with E-state index in [1.807, 2.05) is 24.3 Å². The number of ether oxygens (including phenoxy) is 1. The molecule has 0 amide bonds. The number of esters is 1. The molecule has 2 aromatic rings. The molecule has 5 nitrogen and oxygen atoms in total. The highest BCUT2D eigenvalue weighted by Gasteiger charge is 2.12. The molecule has 0 aliphatic carbocycles. The SMILES string of the molecule is CCOC(=O)Cc1nnc(-c2ccc(Br)cc2)o1. The molecule has 1 aromatic carbocycles. The summed E-state index contributed by atoms with van der Waals surface area (Å²) in [5.41, 5.74) is 0.806. The van der Waals surface area contributed by atoms with Gasteiger partial charge in [-0.25, -0.2) is 0 Å². The van der Waals surface area contributed by atoms with Crippen LogP contribution in [0.1, 0.15) is 12.8 Å². The molecule has 1 aromatic heterocycles. The van der Waals surface area contributed by atoms with Crippen molar-refractivity contribution in [2.24, 2.45) is 0 Å². The van der Waals surface area contributed by atoms with E-state index in [4.69, 9.17) is 9.15 Å². The summed E-state index contributed by atoms with van der Waals surface area (Å²) in [5, 5.41) is 7.70. The van der Waals surface area contributed by atoms with Gasteiger partial charge in [-0.05, 0) is 31.2 Å². The van der Waals surface area contributed by atoms with E-state index in [9.17, 15) is 4.79 Å². The number of carbonyl (C=O) groups is 1. The maximum absolute atomic E-state index is 11.2. The van der Waals surface area contributed by atoms with Crippen LogP contribution in [-0.4, -0.2) is 22.8 Å². The van der Waals surface area contributed by atoms with Crippen molar-refractivity contribution in [3.63, 3.8) is 0 Å². The smallest absolute Gasteiger partial charge is 0.315 e. The monoisotopic (exact) mass is 310 g/mol. The molecule has 0 N–H and O–H groups in total. The quantitative estimate of drug-likeness (QED) is 0.812.